The maximum atomic E-state index is 11.8. The van der Waals surface area contributed by atoms with Crippen LogP contribution in [0.5, 0.6) is 11.5 Å². The second-order valence-corrected chi connectivity index (χ2v) is 5.67. The summed E-state index contributed by atoms with van der Waals surface area (Å²) >= 11 is 0. The summed E-state index contributed by atoms with van der Waals surface area (Å²) < 4.78 is 10.3. The fourth-order valence-corrected chi connectivity index (χ4v) is 1.67. The van der Waals surface area contributed by atoms with Crippen LogP contribution < -0.4 is 14.8 Å². The molecule has 0 radical (unpaired) electrons. The Labute approximate surface area is 124 Å². The molecule has 1 aromatic rings. The Balaban J connectivity index is 2.54. The number of carbonyl (C=O) groups excluding carboxylic acids is 1. The predicted octanol–water partition coefficient (Wildman–Crippen LogP) is 1.69. The van der Waals surface area contributed by atoms with E-state index >= 15 is 0 Å². The van der Waals surface area contributed by atoms with Gasteiger partial charge in [-0.15, -0.1) is 0 Å². The molecular weight excluding hydrogens is 274 g/mol. The summed E-state index contributed by atoms with van der Waals surface area (Å²) in [6.45, 7) is 5.00. The molecule has 6 heteroatoms. The number of ether oxygens (including phenoxy) is 2. The molecule has 1 atom stereocenters. The van der Waals surface area contributed by atoms with Gasteiger partial charge in [-0.2, -0.15) is 0 Å². The van der Waals surface area contributed by atoms with E-state index in [1.807, 2.05) is 0 Å². The average Bonchev–Trinajstić information content (AvgIpc) is 2.41. The van der Waals surface area contributed by atoms with Crippen LogP contribution in [0.4, 0.5) is 0 Å². The monoisotopic (exact) mass is 295 g/mol. The summed E-state index contributed by atoms with van der Waals surface area (Å²) in [5, 5.41) is 11.6. The van der Waals surface area contributed by atoms with Crippen LogP contribution in [0.1, 0.15) is 20.8 Å². The number of aliphatic carboxylic acids is 1. The van der Waals surface area contributed by atoms with Crippen LogP contribution in [0.25, 0.3) is 0 Å². The second kappa shape index (κ2) is 6.97. The fourth-order valence-electron chi connectivity index (χ4n) is 1.67. The minimum Gasteiger partial charge on any atom is -0.497 e. The molecule has 0 unspecified atom stereocenters. The molecule has 6 nitrogen and oxygen atoms in total. The minimum absolute atomic E-state index is 0.244. The van der Waals surface area contributed by atoms with E-state index < -0.39 is 23.3 Å². The highest BCUT2D eigenvalue weighted by Gasteiger charge is 2.32. The van der Waals surface area contributed by atoms with Crippen molar-refractivity contribution in [2.24, 2.45) is 5.41 Å². The van der Waals surface area contributed by atoms with Crippen molar-refractivity contribution in [1.82, 2.24) is 5.32 Å². The van der Waals surface area contributed by atoms with Gasteiger partial charge in [0.05, 0.1) is 7.11 Å². The molecule has 0 bridgehead atoms. The lowest BCUT2D eigenvalue weighted by Gasteiger charge is -2.27. The summed E-state index contributed by atoms with van der Waals surface area (Å²) in [6.07, 6.45) is 0. The Morgan fingerprint density at radius 1 is 1.19 bits per heavy atom. The number of methoxy groups -OCH3 is 1. The van der Waals surface area contributed by atoms with E-state index in [2.05, 4.69) is 5.32 Å². The van der Waals surface area contributed by atoms with Gasteiger partial charge in [-0.05, 0) is 29.7 Å². The fraction of sp³-hybridized carbons (Fsp3) is 0.467. The zero-order chi connectivity index (χ0) is 16.0. The predicted molar refractivity (Wildman–Crippen MR) is 77.5 cm³/mol. The number of carbonyl (C=O) groups is 2. The van der Waals surface area contributed by atoms with Crippen LogP contribution in [0.2, 0.25) is 0 Å². The number of carboxylic acid groups (broad SMARTS) is 1. The van der Waals surface area contributed by atoms with E-state index in [1.165, 1.54) is 0 Å². The number of hydrogen-bond acceptors (Lipinski definition) is 4. The molecule has 0 saturated carbocycles. The third kappa shape index (κ3) is 5.33. The van der Waals surface area contributed by atoms with E-state index in [1.54, 1.807) is 52.1 Å². The maximum Gasteiger partial charge on any atom is 0.326 e. The first kappa shape index (κ1) is 16.8. The standard InChI is InChI=1S/C15H21NO5/c1-15(2,3)13(14(18)19)16-12(17)9-21-11-7-5-10(20-4)6-8-11/h5-8,13H,9H2,1-4H3,(H,16,17)(H,18,19)/t13-/m1/s1. The molecule has 0 aliphatic heterocycles. The van der Waals surface area contributed by atoms with Crippen molar-refractivity contribution < 1.29 is 24.2 Å². The lowest BCUT2D eigenvalue weighted by Crippen LogP contribution is -2.50. The normalized spacial score (nSPS) is 12.4. The van der Waals surface area contributed by atoms with Crippen molar-refractivity contribution in [3.05, 3.63) is 24.3 Å². The molecular formula is C15H21NO5. The first-order valence-electron chi connectivity index (χ1n) is 6.53. The lowest BCUT2D eigenvalue weighted by molar-refractivity contribution is -0.145. The van der Waals surface area contributed by atoms with Gasteiger partial charge in [0.1, 0.15) is 17.5 Å². The highest BCUT2D eigenvalue weighted by molar-refractivity contribution is 5.84. The highest BCUT2D eigenvalue weighted by Crippen LogP contribution is 2.20. The zero-order valence-corrected chi connectivity index (χ0v) is 12.7. The van der Waals surface area contributed by atoms with E-state index in [0.29, 0.717) is 11.5 Å². The quantitative estimate of drug-likeness (QED) is 0.834. The van der Waals surface area contributed by atoms with Crippen LogP contribution in [-0.2, 0) is 9.59 Å². The Kier molecular flexibility index (Phi) is 5.58. The minimum atomic E-state index is -1.07. The van der Waals surface area contributed by atoms with Crippen LogP contribution in [-0.4, -0.2) is 36.7 Å². The molecule has 0 spiro atoms. The summed E-state index contributed by atoms with van der Waals surface area (Å²) in [4.78, 5) is 22.9. The van der Waals surface area contributed by atoms with E-state index in [-0.39, 0.29) is 6.61 Å². The first-order valence-corrected chi connectivity index (χ1v) is 6.53. The van der Waals surface area contributed by atoms with Gasteiger partial charge < -0.3 is 19.9 Å². The number of amides is 1. The van der Waals surface area contributed by atoms with Gasteiger partial charge >= 0.3 is 5.97 Å². The zero-order valence-electron chi connectivity index (χ0n) is 12.7. The SMILES string of the molecule is COc1ccc(OCC(=O)N[C@H](C(=O)O)C(C)(C)C)cc1. The highest BCUT2D eigenvalue weighted by atomic mass is 16.5. The topological polar surface area (TPSA) is 84.9 Å². The molecule has 1 rings (SSSR count). The summed E-state index contributed by atoms with van der Waals surface area (Å²) in [7, 11) is 1.56. The maximum absolute atomic E-state index is 11.8. The van der Waals surface area contributed by atoms with Crippen LogP contribution in [0.3, 0.4) is 0 Å². The van der Waals surface area contributed by atoms with Gasteiger partial charge in [-0.3, -0.25) is 4.79 Å². The average molecular weight is 295 g/mol. The van der Waals surface area contributed by atoms with E-state index in [9.17, 15) is 9.59 Å². The third-order valence-electron chi connectivity index (χ3n) is 2.85. The largest absolute Gasteiger partial charge is 0.497 e. The van der Waals surface area contributed by atoms with Crippen molar-refractivity contribution >= 4 is 11.9 Å². The summed E-state index contributed by atoms with van der Waals surface area (Å²) in [6, 6.07) is 5.80. The Morgan fingerprint density at radius 2 is 1.71 bits per heavy atom. The van der Waals surface area contributed by atoms with Crippen molar-refractivity contribution in [3.8, 4) is 11.5 Å². The van der Waals surface area contributed by atoms with Gasteiger partial charge in [-0.25, -0.2) is 4.79 Å². The third-order valence-corrected chi connectivity index (χ3v) is 2.85. The van der Waals surface area contributed by atoms with E-state index in [0.717, 1.165) is 0 Å². The van der Waals surface area contributed by atoms with Gasteiger partial charge in [-0.1, -0.05) is 20.8 Å². The number of benzene rings is 1. The molecule has 116 valence electrons. The molecule has 0 aliphatic rings. The Morgan fingerprint density at radius 3 is 2.14 bits per heavy atom. The summed E-state index contributed by atoms with van der Waals surface area (Å²) in [5.74, 6) is -0.354. The molecule has 2 N–H and O–H groups in total. The molecule has 0 aromatic heterocycles. The smallest absolute Gasteiger partial charge is 0.326 e. The number of rotatable bonds is 6. The molecule has 0 fully saturated rings. The number of hydrogen-bond donors (Lipinski definition) is 2. The van der Waals surface area contributed by atoms with Gasteiger partial charge in [0.25, 0.3) is 5.91 Å². The van der Waals surface area contributed by atoms with Crippen molar-refractivity contribution in [2.75, 3.05) is 13.7 Å². The Bertz CT molecular complexity index is 490. The molecule has 0 heterocycles. The van der Waals surface area contributed by atoms with Gasteiger partial charge in [0.2, 0.25) is 0 Å². The molecule has 1 amide bonds. The number of nitrogens with one attached hydrogen (secondary N) is 1. The molecule has 0 saturated heterocycles. The summed E-state index contributed by atoms with van der Waals surface area (Å²) in [5.41, 5.74) is -0.582. The van der Waals surface area contributed by atoms with E-state index in [4.69, 9.17) is 14.6 Å². The lowest BCUT2D eigenvalue weighted by atomic mass is 9.87. The Hall–Kier alpha value is -2.24. The van der Waals surface area contributed by atoms with Gasteiger partial charge in [0, 0.05) is 0 Å². The van der Waals surface area contributed by atoms with Crippen LogP contribution in [0.15, 0.2) is 24.3 Å². The van der Waals surface area contributed by atoms with Crippen molar-refractivity contribution in [1.29, 1.82) is 0 Å². The molecule has 21 heavy (non-hydrogen) atoms. The van der Waals surface area contributed by atoms with Crippen molar-refractivity contribution in [2.45, 2.75) is 26.8 Å². The van der Waals surface area contributed by atoms with Gasteiger partial charge in [0.15, 0.2) is 6.61 Å². The number of carboxylic acids is 1. The van der Waals surface area contributed by atoms with Crippen LogP contribution >= 0.6 is 0 Å². The molecule has 0 aliphatic carbocycles. The second-order valence-electron chi connectivity index (χ2n) is 5.67. The van der Waals surface area contributed by atoms with Crippen LogP contribution in [0, 0.1) is 5.41 Å². The first-order chi connectivity index (χ1) is 9.74. The van der Waals surface area contributed by atoms with Crippen molar-refractivity contribution in [3.63, 3.8) is 0 Å². The molecule has 1 aromatic carbocycles.